The second-order valence-corrected chi connectivity index (χ2v) is 8.91. The Kier molecular flexibility index (Phi) is 7.44. The van der Waals surface area contributed by atoms with E-state index in [-0.39, 0.29) is 18.9 Å². The van der Waals surface area contributed by atoms with Crippen LogP contribution in [0.2, 0.25) is 0 Å². The first-order chi connectivity index (χ1) is 13.6. The summed E-state index contributed by atoms with van der Waals surface area (Å²) in [6, 6.07) is 8.83. The topological polar surface area (TPSA) is 72.9 Å². The summed E-state index contributed by atoms with van der Waals surface area (Å²) in [5, 5.41) is 0. The van der Waals surface area contributed by atoms with Gasteiger partial charge >= 0.3 is 12.1 Å². The quantitative estimate of drug-likeness (QED) is 0.480. The van der Waals surface area contributed by atoms with Crippen molar-refractivity contribution in [2.75, 3.05) is 0 Å². The molecule has 1 saturated heterocycles. The molecule has 1 heterocycles. The van der Waals surface area contributed by atoms with Gasteiger partial charge in [-0.05, 0) is 39.7 Å². The molecule has 29 heavy (non-hydrogen) atoms. The lowest BCUT2D eigenvalue weighted by atomic mass is 9.80. The number of hydrogen-bond donors (Lipinski definition) is 0. The van der Waals surface area contributed by atoms with Gasteiger partial charge in [0.1, 0.15) is 12.2 Å². The van der Waals surface area contributed by atoms with Gasteiger partial charge in [-0.2, -0.15) is 0 Å². The highest BCUT2D eigenvalue weighted by Crippen LogP contribution is 2.42. The Morgan fingerprint density at radius 3 is 2.41 bits per heavy atom. The Labute approximate surface area is 173 Å². The number of nitrogens with zero attached hydrogens (tertiary/aromatic N) is 1. The van der Waals surface area contributed by atoms with Gasteiger partial charge in [0.15, 0.2) is 0 Å². The normalized spacial score (nSPS) is 21.9. The Morgan fingerprint density at radius 2 is 1.83 bits per heavy atom. The zero-order valence-electron chi connectivity index (χ0n) is 18.2. The van der Waals surface area contributed by atoms with Crippen LogP contribution in [0.5, 0.6) is 0 Å². The molecule has 2 amide bonds. The zero-order valence-corrected chi connectivity index (χ0v) is 18.2. The third-order valence-electron chi connectivity index (χ3n) is 5.18. The molecule has 0 bridgehead atoms. The fourth-order valence-corrected chi connectivity index (χ4v) is 3.65. The minimum absolute atomic E-state index is 0.0589. The van der Waals surface area contributed by atoms with E-state index in [1.807, 2.05) is 30.3 Å². The number of imide groups is 1. The molecule has 1 aliphatic rings. The van der Waals surface area contributed by atoms with E-state index in [9.17, 15) is 14.4 Å². The number of benzene rings is 1. The highest BCUT2D eigenvalue weighted by molar-refractivity contribution is 5.99. The maximum atomic E-state index is 13.0. The molecule has 0 spiro atoms. The van der Waals surface area contributed by atoms with E-state index in [2.05, 4.69) is 6.92 Å². The number of rotatable bonds is 7. The van der Waals surface area contributed by atoms with E-state index in [1.54, 1.807) is 27.7 Å². The fraction of sp³-hybridized carbons (Fsp3) is 0.609. The third kappa shape index (κ3) is 5.81. The summed E-state index contributed by atoms with van der Waals surface area (Å²) in [5.74, 6) is -0.845. The minimum atomic E-state index is -1.09. The van der Waals surface area contributed by atoms with Gasteiger partial charge in [0.05, 0.1) is 11.5 Å². The molecule has 0 aromatic heterocycles. The molecule has 6 nitrogen and oxygen atoms in total. The summed E-state index contributed by atoms with van der Waals surface area (Å²) in [5.41, 5.74) is -0.936. The van der Waals surface area contributed by atoms with Crippen molar-refractivity contribution in [1.29, 1.82) is 0 Å². The van der Waals surface area contributed by atoms with Gasteiger partial charge in [-0.1, -0.05) is 56.5 Å². The van der Waals surface area contributed by atoms with Crippen LogP contribution in [0.25, 0.3) is 0 Å². The van der Waals surface area contributed by atoms with Gasteiger partial charge in [0.2, 0.25) is 5.91 Å². The highest BCUT2D eigenvalue weighted by atomic mass is 16.6. The first kappa shape index (κ1) is 22.9. The lowest BCUT2D eigenvalue weighted by molar-refractivity contribution is -0.158. The van der Waals surface area contributed by atoms with E-state index in [4.69, 9.17) is 9.47 Å². The summed E-state index contributed by atoms with van der Waals surface area (Å²) in [7, 11) is 0. The predicted octanol–water partition coefficient (Wildman–Crippen LogP) is 4.85. The Morgan fingerprint density at radius 1 is 1.17 bits per heavy atom. The summed E-state index contributed by atoms with van der Waals surface area (Å²) in [6.07, 6.45) is 2.58. The van der Waals surface area contributed by atoms with Crippen LogP contribution in [0.15, 0.2) is 30.3 Å². The number of esters is 1. The molecular weight excluding hydrogens is 370 g/mol. The third-order valence-corrected chi connectivity index (χ3v) is 5.18. The van der Waals surface area contributed by atoms with Crippen LogP contribution in [-0.4, -0.2) is 34.5 Å². The molecule has 1 aromatic rings. The molecule has 160 valence electrons. The van der Waals surface area contributed by atoms with Crippen molar-refractivity contribution in [3.63, 3.8) is 0 Å². The molecule has 2 atom stereocenters. The number of carbonyl (C=O) groups is 3. The second-order valence-electron chi connectivity index (χ2n) is 8.91. The largest absolute Gasteiger partial charge is 0.460 e. The molecule has 0 radical (unpaired) electrons. The number of amides is 2. The standard InChI is InChI=1S/C23H33NO5/c1-6-7-9-14-18-23(5,20(26)28-16-17-12-10-8-11-13-17)15-19(25)24(18)21(27)29-22(2,3)4/h8,10-13,18H,6-7,9,14-16H2,1-5H3/t18-,23+/m0/s1. The lowest BCUT2D eigenvalue weighted by Crippen LogP contribution is -2.48. The molecule has 1 aliphatic heterocycles. The molecule has 6 heteroatoms. The van der Waals surface area contributed by atoms with Gasteiger partial charge in [-0.15, -0.1) is 0 Å². The van der Waals surface area contributed by atoms with Crippen molar-refractivity contribution in [3.05, 3.63) is 35.9 Å². The summed E-state index contributed by atoms with van der Waals surface area (Å²) in [6.45, 7) is 9.20. The van der Waals surface area contributed by atoms with Crippen molar-refractivity contribution in [1.82, 2.24) is 4.90 Å². The lowest BCUT2D eigenvalue weighted by Gasteiger charge is -2.33. The Balaban J connectivity index is 2.21. The van der Waals surface area contributed by atoms with E-state index in [1.165, 1.54) is 0 Å². The molecule has 1 fully saturated rings. The summed E-state index contributed by atoms with van der Waals surface area (Å²) in [4.78, 5) is 39.7. The number of hydrogen-bond acceptors (Lipinski definition) is 5. The number of unbranched alkanes of at least 4 members (excludes halogenated alkanes) is 2. The first-order valence-electron chi connectivity index (χ1n) is 10.3. The van der Waals surface area contributed by atoms with Crippen LogP contribution in [0.4, 0.5) is 4.79 Å². The molecule has 0 aliphatic carbocycles. The average Bonchev–Trinajstić information content (AvgIpc) is 2.90. The summed E-state index contributed by atoms with van der Waals surface area (Å²) >= 11 is 0. The van der Waals surface area contributed by atoms with Crippen molar-refractivity contribution >= 4 is 18.0 Å². The Hall–Kier alpha value is -2.37. The second kappa shape index (κ2) is 9.42. The molecule has 0 saturated carbocycles. The van der Waals surface area contributed by atoms with E-state index < -0.39 is 29.1 Å². The van der Waals surface area contributed by atoms with Crippen LogP contribution in [0.1, 0.15) is 72.3 Å². The predicted molar refractivity (Wildman–Crippen MR) is 110 cm³/mol. The van der Waals surface area contributed by atoms with Crippen molar-refractivity contribution in [2.24, 2.45) is 5.41 Å². The molecular formula is C23H33NO5. The van der Waals surface area contributed by atoms with Crippen molar-refractivity contribution in [2.45, 2.75) is 85.0 Å². The van der Waals surface area contributed by atoms with Crippen LogP contribution < -0.4 is 0 Å². The van der Waals surface area contributed by atoms with Crippen molar-refractivity contribution < 1.29 is 23.9 Å². The fourth-order valence-electron chi connectivity index (χ4n) is 3.65. The van der Waals surface area contributed by atoms with Gasteiger partial charge in [-0.3, -0.25) is 9.59 Å². The number of ether oxygens (including phenoxy) is 2. The van der Waals surface area contributed by atoms with Crippen LogP contribution in [0, 0.1) is 5.41 Å². The smallest absolute Gasteiger partial charge is 0.417 e. The molecule has 2 rings (SSSR count). The van der Waals surface area contributed by atoms with E-state index >= 15 is 0 Å². The molecule has 0 unspecified atom stereocenters. The SMILES string of the molecule is CCCCC[C@@H]1N(C(=O)OC(C)(C)C)C(=O)C[C@@]1(C)C(=O)OCc1ccccc1. The molecule has 1 aromatic carbocycles. The maximum absolute atomic E-state index is 13.0. The van der Waals surface area contributed by atoms with Crippen LogP contribution >= 0.6 is 0 Å². The zero-order chi connectivity index (χ0) is 21.7. The van der Waals surface area contributed by atoms with E-state index in [0.29, 0.717) is 6.42 Å². The van der Waals surface area contributed by atoms with Crippen LogP contribution in [-0.2, 0) is 25.7 Å². The maximum Gasteiger partial charge on any atom is 0.417 e. The monoisotopic (exact) mass is 403 g/mol. The number of carbonyl (C=O) groups excluding carboxylic acids is 3. The van der Waals surface area contributed by atoms with Gasteiger partial charge in [-0.25, -0.2) is 9.69 Å². The minimum Gasteiger partial charge on any atom is -0.460 e. The molecule has 0 N–H and O–H groups in total. The van der Waals surface area contributed by atoms with Gasteiger partial charge in [0, 0.05) is 6.42 Å². The van der Waals surface area contributed by atoms with Gasteiger partial charge in [0.25, 0.3) is 0 Å². The van der Waals surface area contributed by atoms with Gasteiger partial charge < -0.3 is 9.47 Å². The Bertz CT molecular complexity index is 725. The average molecular weight is 404 g/mol. The number of likely N-dealkylation sites (tertiary alicyclic amines) is 1. The first-order valence-corrected chi connectivity index (χ1v) is 10.3. The van der Waals surface area contributed by atoms with E-state index in [0.717, 1.165) is 29.7 Å². The van der Waals surface area contributed by atoms with Crippen molar-refractivity contribution in [3.8, 4) is 0 Å². The van der Waals surface area contributed by atoms with Crippen LogP contribution in [0.3, 0.4) is 0 Å². The summed E-state index contributed by atoms with van der Waals surface area (Å²) < 4.78 is 11.0. The highest BCUT2D eigenvalue weighted by Gasteiger charge is 2.56.